The van der Waals surface area contributed by atoms with Gasteiger partial charge in [0.2, 0.25) is 0 Å². The maximum atomic E-state index is 12.1. The molecule has 1 aliphatic carbocycles. The summed E-state index contributed by atoms with van der Waals surface area (Å²) in [6.45, 7) is 1.87. The van der Waals surface area contributed by atoms with Crippen molar-refractivity contribution in [2.75, 3.05) is 0 Å². The number of carbonyl (C=O) groups excluding carboxylic acids is 1. The summed E-state index contributed by atoms with van der Waals surface area (Å²) in [5.41, 5.74) is 1.44. The summed E-state index contributed by atoms with van der Waals surface area (Å²) >= 11 is 5.92. The maximum Gasteiger partial charge on any atom is 0.306 e. The zero-order valence-corrected chi connectivity index (χ0v) is 11.4. The van der Waals surface area contributed by atoms with Crippen molar-refractivity contribution < 1.29 is 14.7 Å². The number of carboxylic acids is 1. The Hall–Kier alpha value is -1.55. The highest BCUT2D eigenvalue weighted by Crippen LogP contribution is 2.26. The van der Waals surface area contributed by atoms with Crippen LogP contribution < -0.4 is 5.32 Å². The second-order valence-electron chi connectivity index (χ2n) is 5.04. The van der Waals surface area contributed by atoms with Crippen molar-refractivity contribution in [1.82, 2.24) is 5.32 Å². The van der Waals surface area contributed by atoms with Gasteiger partial charge >= 0.3 is 5.97 Å². The molecule has 0 aromatic heterocycles. The highest BCUT2D eigenvalue weighted by Gasteiger charge is 2.30. The molecule has 0 spiro atoms. The normalized spacial score (nSPS) is 22.2. The number of carboxylic acid groups (broad SMARTS) is 1. The molecule has 2 rings (SSSR count). The van der Waals surface area contributed by atoms with Gasteiger partial charge in [-0.3, -0.25) is 9.59 Å². The number of rotatable bonds is 3. The molecule has 5 heteroatoms. The lowest BCUT2D eigenvalue weighted by Gasteiger charge is -2.13. The first kappa shape index (κ1) is 13.9. The van der Waals surface area contributed by atoms with Crippen LogP contribution in [0, 0.1) is 12.8 Å². The van der Waals surface area contributed by atoms with Crippen molar-refractivity contribution in [2.24, 2.45) is 5.92 Å². The van der Waals surface area contributed by atoms with Gasteiger partial charge in [0.15, 0.2) is 0 Å². The number of aliphatic carboxylic acids is 1. The van der Waals surface area contributed by atoms with Gasteiger partial charge in [0, 0.05) is 16.6 Å². The van der Waals surface area contributed by atoms with E-state index < -0.39 is 5.97 Å². The van der Waals surface area contributed by atoms with Gasteiger partial charge in [-0.25, -0.2) is 0 Å². The number of hydrogen-bond donors (Lipinski definition) is 2. The third-order valence-electron chi connectivity index (χ3n) is 3.42. The third-order valence-corrected chi connectivity index (χ3v) is 3.64. The number of halogens is 1. The van der Waals surface area contributed by atoms with Crippen LogP contribution in [0.3, 0.4) is 0 Å². The summed E-state index contributed by atoms with van der Waals surface area (Å²) in [6.07, 6.45) is 1.83. The average Bonchev–Trinajstić information content (AvgIpc) is 2.76. The molecule has 4 nitrogen and oxygen atoms in total. The summed E-state index contributed by atoms with van der Waals surface area (Å²) in [4.78, 5) is 22.9. The molecule has 2 N–H and O–H groups in total. The van der Waals surface area contributed by atoms with Crippen LogP contribution in [0.5, 0.6) is 0 Å². The molecule has 2 atom stereocenters. The van der Waals surface area contributed by atoms with Crippen LogP contribution in [0.1, 0.15) is 35.2 Å². The van der Waals surface area contributed by atoms with E-state index in [1.807, 2.05) is 6.92 Å². The van der Waals surface area contributed by atoms with Crippen LogP contribution in [0.15, 0.2) is 18.2 Å². The topological polar surface area (TPSA) is 66.4 Å². The van der Waals surface area contributed by atoms with Crippen LogP contribution in [0.25, 0.3) is 0 Å². The molecule has 0 heterocycles. The molecular weight excluding hydrogens is 266 g/mol. The largest absolute Gasteiger partial charge is 0.481 e. The molecule has 102 valence electrons. The van der Waals surface area contributed by atoms with Crippen molar-refractivity contribution in [1.29, 1.82) is 0 Å². The number of hydrogen-bond acceptors (Lipinski definition) is 2. The lowest BCUT2D eigenvalue weighted by Crippen LogP contribution is -2.33. The van der Waals surface area contributed by atoms with E-state index in [4.69, 9.17) is 16.7 Å². The van der Waals surface area contributed by atoms with Gasteiger partial charge < -0.3 is 10.4 Å². The lowest BCUT2D eigenvalue weighted by molar-refractivity contribution is -0.141. The molecule has 1 amide bonds. The summed E-state index contributed by atoms with van der Waals surface area (Å²) in [5.74, 6) is -1.32. The van der Waals surface area contributed by atoms with E-state index in [9.17, 15) is 9.59 Å². The average molecular weight is 282 g/mol. The third kappa shape index (κ3) is 3.47. The van der Waals surface area contributed by atoms with Crippen LogP contribution in [-0.4, -0.2) is 23.0 Å². The molecule has 1 aromatic carbocycles. The molecule has 1 aliphatic rings. The lowest BCUT2D eigenvalue weighted by atomic mass is 10.1. The minimum Gasteiger partial charge on any atom is -0.481 e. The summed E-state index contributed by atoms with van der Waals surface area (Å²) in [6, 6.07) is 5.11. The molecule has 19 heavy (non-hydrogen) atoms. The zero-order valence-electron chi connectivity index (χ0n) is 10.6. The molecule has 0 radical (unpaired) electrons. The fourth-order valence-corrected chi connectivity index (χ4v) is 2.76. The van der Waals surface area contributed by atoms with Crippen molar-refractivity contribution in [3.63, 3.8) is 0 Å². The number of benzene rings is 1. The van der Waals surface area contributed by atoms with Gasteiger partial charge in [-0.05, 0) is 49.9 Å². The summed E-state index contributed by atoms with van der Waals surface area (Å²) in [7, 11) is 0. The Morgan fingerprint density at radius 2 is 2.05 bits per heavy atom. The van der Waals surface area contributed by atoms with E-state index in [0.29, 0.717) is 29.8 Å². The minimum atomic E-state index is -0.782. The highest BCUT2D eigenvalue weighted by molar-refractivity contribution is 6.31. The van der Waals surface area contributed by atoms with E-state index in [0.717, 1.165) is 5.56 Å². The Labute approximate surface area is 116 Å². The van der Waals surface area contributed by atoms with Gasteiger partial charge in [-0.15, -0.1) is 0 Å². The van der Waals surface area contributed by atoms with Gasteiger partial charge in [-0.2, -0.15) is 0 Å². The summed E-state index contributed by atoms with van der Waals surface area (Å²) in [5, 5.41) is 12.3. The molecule has 0 aliphatic heterocycles. The van der Waals surface area contributed by atoms with Crippen molar-refractivity contribution in [3.8, 4) is 0 Å². The van der Waals surface area contributed by atoms with Crippen LogP contribution in [0.4, 0.5) is 0 Å². The number of nitrogens with one attached hydrogen (secondary N) is 1. The van der Waals surface area contributed by atoms with Crippen molar-refractivity contribution >= 4 is 23.5 Å². The van der Waals surface area contributed by atoms with Gasteiger partial charge in [-0.1, -0.05) is 11.6 Å². The Kier molecular flexibility index (Phi) is 4.10. The fourth-order valence-electron chi connectivity index (χ4n) is 2.47. The Bertz CT molecular complexity index is 495. The first-order valence-corrected chi connectivity index (χ1v) is 6.64. The predicted octanol–water partition coefficient (Wildman–Crippen LogP) is 2.63. The number of amides is 1. The minimum absolute atomic E-state index is 0.0621. The predicted molar refractivity (Wildman–Crippen MR) is 72.4 cm³/mol. The molecule has 0 bridgehead atoms. The van der Waals surface area contributed by atoms with Crippen molar-refractivity contribution in [3.05, 3.63) is 34.3 Å². The molecule has 0 unspecified atom stereocenters. The van der Waals surface area contributed by atoms with Gasteiger partial charge in [0.05, 0.1) is 5.92 Å². The maximum absolute atomic E-state index is 12.1. The second kappa shape index (κ2) is 5.61. The smallest absolute Gasteiger partial charge is 0.306 e. The van der Waals surface area contributed by atoms with E-state index in [1.54, 1.807) is 18.2 Å². The first-order valence-electron chi connectivity index (χ1n) is 6.26. The molecular formula is C14H16ClNO3. The highest BCUT2D eigenvalue weighted by atomic mass is 35.5. The summed E-state index contributed by atoms with van der Waals surface area (Å²) < 4.78 is 0. The Morgan fingerprint density at radius 1 is 1.32 bits per heavy atom. The van der Waals surface area contributed by atoms with E-state index in [-0.39, 0.29) is 17.9 Å². The number of aryl methyl sites for hydroxylation is 1. The first-order chi connectivity index (χ1) is 8.95. The molecule has 1 aromatic rings. The van der Waals surface area contributed by atoms with E-state index in [2.05, 4.69) is 5.32 Å². The van der Waals surface area contributed by atoms with Crippen molar-refractivity contribution in [2.45, 2.75) is 32.2 Å². The van der Waals surface area contributed by atoms with E-state index in [1.165, 1.54) is 0 Å². The fraction of sp³-hybridized carbons (Fsp3) is 0.429. The standard InChI is InChI=1S/C14H16ClNO3/c1-8-4-10(6-11(15)5-8)13(17)16-12-3-2-9(7-12)14(18)19/h4-6,9,12H,2-3,7H2,1H3,(H,16,17)(H,18,19)/t9-,12+/m1/s1. The van der Waals surface area contributed by atoms with Crippen LogP contribution >= 0.6 is 11.6 Å². The molecule has 0 saturated heterocycles. The monoisotopic (exact) mass is 281 g/mol. The SMILES string of the molecule is Cc1cc(Cl)cc(C(=O)N[C@H]2CC[C@@H](C(=O)O)C2)c1. The Balaban J connectivity index is 2.00. The molecule has 1 saturated carbocycles. The number of carbonyl (C=O) groups is 2. The zero-order chi connectivity index (χ0) is 14.0. The van der Waals surface area contributed by atoms with E-state index >= 15 is 0 Å². The second-order valence-corrected chi connectivity index (χ2v) is 5.47. The van der Waals surface area contributed by atoms with Crippen LogP contribution in [0.2, 0.25) is 5.02 Å². The quantitative estimate of drug-likeness (QED) is 0.895. The van der Waals surface area contributed by atoms with Crippen LogP contribution in [-0.2, 0) is 4.79 Å². The van der Waals surface area contributed by atoms with Gasteiger partial charge in [0.1, 0.15) is 0 Å². The molecule has 1 fully saturated rings. The van der Waals surface area contributed by atoms with Gasteiger partial charge in [0.25, 0.3) is 5.91 Å². The Morgan fingerprint density at radius 3 is 2.63 bits per heavy atom.